The van der Waals surface area contributed by atoms with Gasteiger partial charge in [0.1, 0.15) is 0 Å². The molecule has 6 heteroatoms. The Balaban J connectivity index is 1.89. The first-order chi connectivity index (χ1) is 13.9. The third-order valence-corrected chi connectivity index (χ3v) is 6.61. The van der Waals surface area contributed by atoms with Crippen LogP contribution in [0.4, 0.5) is 0 Å². The smallest absolute Gasteiger partial charge is 0.161 e. The lowest BCUT2D eigenvalue weighted by Crippen LogP contribution is -2.37. The van der Waals surface area contributed by atoms with Crippen LogP contribution >= 0.6 is 23.2 Å². The van der Waals surface area contributed by atoms with E-state index in [4.69, 9.17) is 27.9 Å². The summed E-state index contributed by atoms with van der Waals surface area (Å²) < 4.78 is 5.70. The van der Waals surface area contributed by atoms with Crippen molar-refractivity contribution in [3.63, 3.8) is 0 Å². The summed E-state index contributed by atoms with van der Waals surface area (Å²) in [5.74, 6) is 0.297. The van der Waals surface area contributed by atoms with Gasteiger partial charge in [-0.15, -0.1) is 0 Å². The molecule has 0 amide bonds. The van der Waals surface area contributed by atoms with Crippen LogP contribution in [0.1, 0.15) is 63.4 Å². The molecule has 0 saturated heterocycles. The maximum atomic E-state index is 13.0. The third-order valence-electron chi connectivity index (χ3n) is 6.05. The summed E-state index contributed by atoms with van der Waals surface area (Å²) in [5.41, 5.74) is 4.35. The topological polar surface area (TPSA) is 46.6 Å². The van der Waals surface area contributed by atoms with E-state index in [1.54, 1.807) is 0 Å². The van der Waals surface area contributed by atoms with Crippen LogP contribution in [0.25, 0.3) is 0 Å². The van der Waals surface area contributed by atoms with Crippen molar-refractivity contribution in [1.82, 2.24) is 4.90 Å². The predicted molar refractivity (Wildman–Crippen MR) is 115 cm³/mol. The summed E-state index contributed by atoms with van der Waals surface area (Å²) >= 11 is 13.0. The van der Waals surface area contributed by atoms with Gasteiger partial charge in [0.2, 0.25) is 0 Å². The van der Waals surface area contributed by atoms with Crippen LogP contribution in [0.3, 0.4) is 0 Å². The van der Waals surface area contributed by atoms with Crippen molar-refractivity contribution in [3.8, 4) is 5.75 Å². The van der Waals surface area contributed by atoms with Gasteiger partial charge in [0.05, 0.1) is 16.7 Å². The Morgan fingerprint density at radius 3 is 1.97 bits per heavy atom. The molecule has 1 aliphatic heterocycles. The summed E-state index contributed by atoms with van der Waals surface area (Å²) in [4.78, 5) is 28.1. The lowest BCUT2D eigenvalue weighted by atomic mass is 9.71. The van der Waals surface area contributed by atoms with Gasteiger partial charge in [-0.05, 0) is 49.8 Å². The number of hydrogen-bond acceptors (Lipinski definition) is 4. The maximum Gasteiger partial charge on any atom is 0.161 e. The molecule has 0 fully saturated rings. The first-order valence-electron chi connectivity index (χ1n) is 10.3. The van der Waals surface area contributed by atoms with Gasteiger partial charge < -0.3 is 9.64 Å². The molecular formula is C23H25Cl2NO3. The van der Waals surface area contributed by atoms with Gasteiger partial charge in [-0.2, -0.15) is 0 Å². The maximum absolute atomic E-state index is 13.0. The fourth-order valence-corrected chi connectivity index (χ4v) is 5.39. The fraction of sp³-hybridized carbons (Fsp3) is 0.478. The van der Waals surface area contributed by atoms with Crippen molar-refractivity contribution >= 4 is 34.8 Å². The molecule has 4 nitrogen and oxygen atoms in total. The van der Waals surface area contributed by atoms with Crippen molar-refractivity contribution in [2.45, 2.75) is 57.8 Å². The van der Waals surface area contributed by atoms with Crippen molar-refractivity contribution in [2.75, 3.05) is 13.7 Å². The van der Waals surface area contributed by atoms with Gasteiger partial charge in [0, 0.05) is 48.3 Å². The highest BCUT2D eigenvalue weighted by Crippen LogP contribution is 2.50. The number of carbonyl (C=O) groups is 2. The van der Waals surface area contributed by atoms with Gasteiger partial charge in [0.25, 0.3) is 0 Å². The van der Waals surface area contributed by atoms with Crippen LogP contribution < -0.4 is 4.74 Å². The number of rotatable bonds is 4. The molecule has 2 aliphatic carbocycles. The summed E-state index contributed by atoms with van der Waals surface area (Å²) in [5, 5.41) is 0.825. The number of Topliss-reactive ketones (excluding diaryl/α,β-unsaturated/α-hetero) is 2. The molecule has 0 unspecified atom stereocenters. The minimum Gasteiger partial charge on any atom is -0.490 e. The Labute approximate surface area is 181 Å². The average Bonchev–Trinajstić information content (AvgIpc) is 2.69. The Kier molecular flexibility index (Phi) is 5.76. The number of carbonyl (C=O) groups excluding carboxylic acids is 2. The second-order valence-electron chi connectivity index (χ2n) is 7.93. The summed E-state index contributed by atoms with van der Waals surface area (Å²) in [6.45, 7) is 2.54. The van der Waals surface area contributed by atoms with E-state index in [0.717, 1.165) is 60.2 Å². The van der Waals surface area contributed by atoms with Crippen LogP contribution in [0, 0.1) is 0 Å². The molecule has 0 radical (unpaired) electrons. The number of ketones is 2. The van der Waals surface area contributed by atoms with E-state index in [-0.39, 0.29) is 11.6 Å². The van der Waals surface area contributed by atoms with Crippen LogP contribution in [0.2, 0.25) is 10.0 Å². The van der Waals surface area contributed by atoms with Crippen LogP contribution in [0.5, 0.6) is 5.75 Å². The van der Waals surface area contributed by atoms with Gasteiger partial charge in [-0.3, -0.25) is 9.59 Å². The number of allylic oxidation sites excluding steroid dienone is 4. The molecule has 3 aliphatic rings. The van der Waals surface area contributed by atoms with Crippen LogP contribution in [0.15, 0.2) is 34.7 Å². The highest BCUT2D eigenvalue weighted by atomic mass is 35.5. The minimum absolute atomic E-state index is 0.117. The third kappa shape index (κ3) is 3.51. The van der Waals surface area contributed by atoms with E-state index >= 15 is 0 Å². The quantitative estimate of drug-likeness (QED) is 0.599. The summed E-state index contributed by atoms with van der Waals surface area (Å²) in [6.07, 6.45) is 5.25. The van der Waals surface area contributed by atoms with E-state index in [1.165, 1.54) is 0 Å². The Hall–Kier alpha value is -1.78. The SMILES string of the molecule is CCCOc1c(Cl)cc(C2C3=C(CCCC3=O)N(C)C3=C2C(=O)CCC3)cc1Cl. The van der Waals surface area contributed by atoms with E-state index < -0.39 is 5.92 Å². The zero-order valence-corrected chi connectivity index (χ0v) is 18.3. The zero-order valence-electron chi connectivity index (χ0n) is 16.8. The molecule has 1 heterocycles. The lowest BCUT2D eigenvalue weighted by molar-refractivity contribution is -0.117. The Morgan fingerprint density at radius 2 is 1.48 bits per heavy atom. The summed E-state index contributed by atoms with van der Waals surface area (Å²) in [6, 6.07) is 3.63. The van der Waals surface area contributed by atoms with Crippen molar-refractivity contribution < 1.29 is 14.3 Å². The summed E-state index contributed by atoms with van der Waals surface area (Å²) in [7, 11) is 1.99. The van der Waals surface area contributed by atoms with Gasteiger partial charge in [0.15, 0.2) is 17.3 Å². The number of benzene rings is 1. The van der Waals surface area contributed by atoms with E-state index in [9.17, 15) is 9.59 Å². The number of halogens is 2. The van der Waals surface area contributed by atoms with E-state index in [0.29, 0.717) is 35.2 Å². The standard InChI is InChI=1S/C23H25Cl2NO3/c1-3-10-29-23-14(24)11-13(12-15(23)25)20-21-16(6-4-8-18(21)27)26(2)17-7-5-9-19(28)22(17)20/h11-12,20H,3-10H2,1-2H3. The molecular weight excluding hydrogens is 409 g/mol. The lowest BCUT2D eigenvalue weighted by Gasteiger charge is -2.42. The first kappa shape index (κ1) is 20.5. The second kappa shape index (κ2) is 8.16. The molecule has 4 rings (SSSR count). The molecule has 1 aromatic rings. The average molecular weight is 434 g/mol. The monoisotopic (exact) mass is 433 g/mol. The van der Waals surface area contributed by atoms with E-state index in [2.05, 4.69) is 4.90 Å². The molecule has 0 N–H and O–H groups in total. The molecule has 154 valence electrons. The Bertz CT molecular complexity index is 880. The Morgan fingerprint density at radius 1 is 0.966 bits per heavy atom. The van der Waals surface area contributed by atoms with Crippen LogP contribution in [-0.2, 0) is 9.59 Å². The molecule has 0 atom stereocenters. The van der Waals surface area contributed by atoms with Crippen molar-refractivity contribution in [1.29, 1.82) is 0 Å². The van der Waals surface area contributed by atoms with Crippen molar-refractivity contribution in [3.05, 3.63) is 50.3 Å². The highest BCUT2D eigenvalue weighted by Gasteiger charge is 2.42. The largest absolute Gasteiger partial charge is 0.490 e. The number of ether oxygens (including phenoxy) is 1. The number of nitrogens with zero attached hydrogens (tertiary/aromatic N) is 1. The van der Waals surface area contributed by atoms with Gasteiger partial charge >= 0.3 is 0 Å². The molecule has 29 heavy (non-hydrogen) atoms. The highest BCUT2D eigenvalue weighted by molar-refractivity contribution is 6.37. The molecule has 0 aromatic heterocycles. The minimum atomic E-state index is -0.396. The second-order valence-corrected chi connectivity index (χ2v) is 8.74. The molecule has 1 aromatic carbocycles. The predicted octanol–water partition coefficient (Wildman–Crippen LogP) is 5.83. The fourth-order valence-electron chi connectivity index (χ4n) is 4.77. The van der Waals surface area contributed by atoms with Crippen molar-refractivity contribution in [2.24, 2.45) is 0 Å². The van der Waals surface area contributed by atoms with Gasteiger partial charge in [-0.25, -0.2) is 0 Å². The van der Waals surface area contributed by atoms with Crippen LogP contribution in [-0.4, -0.2) is 30.1 Å². The molecule has 0 bridgehead atoms. The zero-order chi connectivity index (χ0) is 20.7. The molecule has 0 spiro atoms. The number of hydrogen-bond donors (Lipinski definition) is 0. The first-order valence-corrected chi connectivity index (χ1v) is 11.1. The van der Waals surface area contributed by atoms with Gasteiger partial charge in [-0.1, -0.05) is 30.1 Å². The normalized spacial score (nSPS) is 20.2. The molecule has 0 saturated carbocycles. The van der Waals surface area contributed by atoms with E-state index in [1.807, 2.05) is 26.1 Å².